The number of sulfonamides is 1. The van der Waals surface area contributed by atoms with Crippen LogP contribution in [0.5, 0.6) is 0 Å². The van der Waals surface area contributed by atoms with E-state index in [0.717, 1.165) is 34.2 Å². The molecule has 6 nitrogen and oxygen atoms in total. The van der Waals surface area contributed by atoms with E-state index in [4.69, 9.17) is 0 Å². The lowest BCUT2D eigenvalue weighted by Gasteiger charge is -2.12. The van der Waals surface area contributed by atoms with E-state index in [1.807, 2.05) is 25.3 Å². The van der Waals surface area contributed by atoms with E-state index in [0.29, 0.717) is 13.0 Å². The molecule has 2 aromatic carbocycles. The summed E-state index contributed by atoms with van der Waals surface area (Å²) in [5.41, 5.74) is 3.36. The molecule has 3 rings (SSSR count). The molecule has 0 saturated heterocycles. The van der Waals surface area contributed by atoms with Crippen molar-refractivity contribution in [2.75, 3.05) is 6.54 Å². The van der Waals surface area contributed by atoms with Crippen LogP contribution in [-0.4, -0.2) is 31.9 Å². The second-order valence-corrected chi connectivity index (χ2v) is 8.97. The second kappa shape index (κ2) is 8.34. The normalized spacial score (nSPS) is 11.9. The van der Waals surface area contributed by atoms with Gasteiger partial charge in [-0.3, -0.25) is 4.79 Å². The van der Waals surface area contributed by atoms with Gasteiger partial charge in [-0.2, -0.15) is 0 Å². The van der Waals surface area contributed by atoms with Gasteiger partial charge in [-0.05, 0) is 62.6 Å². The summed E-state index contributed by atoms with van der Waals surface area (Å²) in [5, 5.41) is 3.86. The minimum absolute atomic E-state index is 0.0880. The van der Waals surface area contributed by atoms with Crippen LogP contribution in [0.1, 0.15) is 35.3 Å². The highest BCUT2D eigenvalue weighted by molar-refractivity contribution is 7.89. The van der Waals surface area contributed by atoms with Crippen molar-refractivity contribution < 1.29 is 17.6 Å². The van der Waals surface area contributed by atoms with E-state index in [1.165, 1.54) is 6.07 Å². The molecule has 0 aliphatic carbocycles. The van der Waals surface area contributed by atoms with Crippen LogP contribution in [0.15, 0.2) is 47.5 Å². The standard InChI is InChI=1S/C21H24FN3O3S/c1-13(2)25-29(27,28)20-11-15(5-7-18(20)22)21(26)23-9-8-16-12-24-19-10-14(3)4-6-17(16)19/h4-7,10-13,24-25H,8-9H2,1-3H3,(H,23,26). The molecule has 0 bridgehead atoms. The Balaban J connectivity index is 1.70. The lowest BCUT2D eigenvalue weighted by Crippen LogP contribution is -2.31. The maximum absolute atomic E-state index is 14.0. The molecule has 0 unspecified atom stereocenters. The number of amides is 1. The van der Waals surface area contributed by atoms with Gasteiger partial charge in [0, 0.05) is 35.2 Å². The summed E-state index contributed by atoms with van der Waals surface area (Å²) >= 11 is 0. The fourth-order valence-corrected chi connectivity index (χ4v) is 4.50. The first-order valence-corrected chi connectivity index (χ1v) is 10.8. The van der Waals surface area contributed by atoms with Crippen molar-refractivity contribution in [1.29, 1.82) is 0 Å². The highest BCUT2D eigenvalue weighted by atomic mass is 32.2. The van der Waals surface area contributed by atoms with Crippen molar-refractivity contribution in [2.45, 2.75) is 38.1 Å². The molecule has 0 saturated carbocycles. The Bertz CT molecular complexity index is 1150. The summed E-state index contributed by atoms with van der Waals surface area (Å²) in [7, 11) is -4.04. The maximum Gasteiger partial charge on any atom is 0.251 e. The molecular formula is C21H24FN3O3S. The van der Waals surface area contributed by atoms with Crippen molar-refractivity contribution in [1.82, 2.24) is 15.0 Å². The van der Waals surface area contributed by atoms with E-state index in [9.17, 15) is 17.6 Å². The van der Waals surface area contributed by atoms with Gasteiger partial charge < -0.3 is 10.3 Å². The van der Waals surface area contributed by atoms with Crippen LogP contribution in [0.2, 0.25) is 0 Å². The van der Waals surface area contributed by atoms with Crippen LogP contribution in [0.3, 0.4) is 0 Å². The molecule has 1 heterocycles. The van der Waals surface area contributed by atoms with Gasteiger partial charge in [-0.25, -0.2) is 17.5 Å². The zero-order valence-corrected chi connectivity index (χ0v) is 17.4. The van der Waals surface area contributed by atoms with Crippen LogP contribution < -0.4 is 10.0 Å². The second-order valence-electron chi connectivity index (χ2n) is 7.29. The Kier molecular flexibility index (Phi) is 6.04. The summed E-state index contributed by atoms with van der Waals surface area (Å²) in [6.45, 7) is 5.66. The summed E-state index contributed by atoms with van der Waals surface area (Å²) < 4.78 is 40.9. The first kappa shape index (κ1) is 21.0. The Labute approximate surface area is 169 Å². The molecule has 0 atom stereocenters. The third-order valence-electron chi connectivity index (χ3n) is 4.48. The lowest BCUT2D eigenvalue weighted by molar-refractivity contribution is 0.0954. The van der Waals surface area contributed by atoms with E-state index in [-0.39, 0.29) is 5.56 Å². The van der Waals surface area contributed by atoms with Gasteiger partial charge >= 0.3 is 0 Å². The Morgan fingerprint density at radius 2 is 1.93 bits per heavy atom. The fraction of sp³-hybridized carbons (Fsp3) is 0.286. The van der Waals surface area contributed by atoms with Gasteiger partial charge in [0.15, 0.2) is 0 Å². The predicted octanol–water partition coefficient (Wildman–Crippen LogP) is 3.27. The topological polar surface area (TPSA) is 91.1 Å². The van der Waals surface area contributed by atoms with E-state index in [2.05, 4.69) is 21.1 Å². The van der Waals surface area contributed by atoms with Crippen molar-refractivity contribution in [3.8, 4) is 0 Å². The molecule has 154 valence electrons. The van der Waals surface area contributed by atoms with E-state index < -0.39 is 32.7 Å². The van der Waals surface area contributed by atoms with Gasteiger partial charge in [0.1, 0.15) is 10.7 Å². The van der Waals surface area contributed by atoms with Crippen molar-refractivity contribution >= 4 is 26.8 Å². The van der Waals surface area contributed by atoms with Crippen LogP contribution >= 0.6 is 0 Å². The van der Waals surface area contributed by atoms with Crippen LogP contribution in [0.25, 0.3) is 10.9 Å². The molecule has 0 radical (unpaired) electrons. The molecule has 3 N–H and O–H groups in total. The third-order valence-corrected chi connectivity index (χ3v) is 6.15. The van der Waals surface area contributed by atoms with Gasteiger partial charge in [0.25, 0.3) is 5.91 Å². The van der Waals surface area contributed by atoms with Gasteiger partial charge in [-0.15, -0.1) is 0 Å². The van der Waals surface area contributed by atoms with Gasteiger partial charge in [0.05, 0.1) is 0 Å². The van der Waals surface area contributed by atoms with Crippen molar-refractivity contribution in [3.63, 3.8) is 0 Å². The number of aromatic amines is 1. The molecule has 0 spiro atoms. The van der Waals surface area contributed by atoms with Crippen molar-refractivity contribution in [2.24, 2.45) is 0 Å². The minimum atomic E-state index is -4.04. The SMILES string of the molecule is Cc1ccc2c(CCNC(=O)c3ccc(F)c(S(=O)(=O)NC(C)C)c3)c[nH]c2c1. The minimum Gasteiger partial charge on any atom is -0.361 e. The summed E-state index contributed by atoms with van der Waals surface area (Å²) in [5.74, 6) is -1.36. The zero-order valence-electron chi connectivity index (χ0n) is 16.5. The Hall–Kier alpha value is -2.71. The largest absolute Gasteiger partial charge is 0.361 e. The number of carbonyl (C=O) groups excluding carboxylic acids is 1. The average molecular weight is 418 g/mol. The fourth-order valence-electron chi connectivity index (χ4n) is 3.14. The predicted molar refractivity (Wildman–Crippen MR) is 111 cm³/mol. The number of aromatic nitrogens is 1. The number of hydrogen-bond donors (Lipinski definition) is 3. The Morgan fingerprint density at radius 3 is 2.66 bits per heavy atom. The number of benzene rings is 2. The molecule has 8 heteroatoms. The number of hydrogen-bond acceptors (Lipinski definition) is 3. The highest BCUT2D eigenvalue weighted by Gasteiger charge is 2.22. The van der Waals surface area contributed by atoms with Gasteiger partial charge in [-0.1, -0.05) is 12.1 Å². The van der Waals surface area contributed by atoms with Crippen LogP contribution in [0.4, 0.5) is 4.39 Å². The quantitative estimate of drug-likeness (QED) is 0.551. The number of H-pyrrole nitrogens is 1. The molecule has 1 amide bonds. The number of rotatable bonds is 7. The van der Waals surface area contributed by atoms with Crippen LogP contribution in [-0.2, 0) is 16.4 Å². The van der Waals surface area contributed by atoms with Gasteiger partial charge in [0.2, 0.25) is 10.0 Å². The third kappa shape index (κ3) is 4.83. The number of aryl methyl sites for hydroxylation is 1. The summed E-state index contributed by atoms with van der Waals surface area (Å²) in [6.07, 6.45) is 2.52. The molecule has 1 aromatic heterocycles. The van der Waals surface area contributed by atoms with Crippen LogP contribution in [0, 0.1) is 12.7 Å². The monoisotopic (exact) mass is 417 g/mol. The Morgan fingerprint density at radius 1 is 1.17 bits per heavy atom. The average Bonchev–Trinajstić information content (AvgIpc) is 3.02. The van der Waals surface area contributed by atoms with E-state index >= 15 is 0 Å². The molecule has 0 fully saturated rings. The zero-order chi connectivity index (χ0) is 21.2. The molecule has 29 heavy (non-hydrogen) atoms. The maximum atomic E-state index is 14.0. The molecule has 0 aliphatic rings. The smallest absolute Gasteiger partial charge is 0.251 e. The first-order chi connectivity index (χ1) is 13.7. The summed E-state index contributed by atoms with van der Waals surface area (Å²) in [6, 6.07) is 9.06. The molecule has 3 aromatic rings. The number of carbonyl (C=O) groups is 1. The molecule has 0 aliphatic heterocycles. The highest BCUT2D eigenvalue weighted by Crippen LogP contribution is 2.20. The summed E-state index contributed by atoms with van der Waals surface area (Å²) in [4.78, 5) is 15.1. The number of halogens is 1. The first-order valence-electron chi connectivity index (χ1n) is 9.34. The lowest BCUT2D eigenvalue weighted by atomic mass is 10.1. The van der Waals surface area contributed by atoms with Crippen molar-refractivity contribution in [3.05, 3.63) is 65.1 Å². The van der Waals surface area contributed by atoms with E-state index in [1.54, 1.807) is 13.8 Å². The number of nitrogens with one attached hydrogen (secondary N) is 3. The molecular weight excluding hydrogens is 393 g/mol. The number of fused-ring (bicyclic) bond motifs is 1.